The summed E-state index contributed by atoms with van der Waals surface area (Å²) in [5.74, 6) is 2.80. The molecule has 9 aromatic rings. The molecule has 4 heteroatoms. The lowest BCUT2D eigenvalue weighted by Gasteiger charge is -2.14. The van der Waals surface area contributed by atoms with E-state index in [0.29, 0.717) is 0 Å². The average molecular weight is 799 g/mol. The van der Waals surface area contributed by atoms with Crippen molar-refractivity contribution in [3.63, 3.8) is 0 Å². The number of fused-ring (bicyclic) bond motifs is 10. The molecule has 0 radical (unpaired) electrons. The second-order valence-corrected chi connectivity index (χ2v) is 16.3. The minimum Gasteiger partial charge on any atom is -0.460 e. The Morgan fingerprint density at radius 3 is 2.32 bits per heavy atom. The zero-order valence-electron chi connectivity index (χ0n) is 34.3. The van der Waals surface area contributed by atoms with Crippen LogP contribution in [-0.2, 0) is 6.42 Å². The van der Waals surface area contributed by atoms with E-state index >= 15 is 0 Å². The molecule has 0 N–H and O–H groups in total. The second-order valence-electron chi connectivity index (χ2n) is 16.3. The van der Waals surface area contributed by atoms with E-state index < -0.39 is 0 Å². The molecule has 3 heterocycles. The number of furan rings is 1. The summed E-state index contributed by atoms with van der Waals surface area (Å²) in [5, 5.41) is 6.00. The number of ether oxygens (including phenoxy) is 1. The third-order valence-electron chi connectivity index (χ3n) is 12.6. The smallest absolute Gasteiger partial charge is 0.135 e. The molecule has 62 heavy (non-hydrogen) atoms. The van der Waals surface area contributed by atoms with E-state index in [1.165, 1.54) is 38.2 Å². The van der Waals surface area contributed by atoms with E-state index in [4.69, 9.17) is 9.15 Å². The van der Waals surface area contributed by atoms with Crippen LogP contribution in [0, 0.1) is 12.8 Å². The number of para-hydroxylation sites is 3. The normalized spacial score (nSPS) is 16.0. The van der Waals surface area contributed by atoms with E-state index in [9.17, 15) is 0 Å². The van der Waals surface area contributed by atoms with Gasteiger partial charge in [-0.2, -0.15) is 0 Å². The summed E-state index contributed by atoms with van der Waals surface area (Å²) in [6.45, 7) is 2.09. The van der Waals surface area contributed by atoms with Gasteiger partial charge in [0.1, 0.15) is 22.8 Å². The number of hydrogen-bond acceptors (Lipinski definition) is 2. The van der Waals surface area contributed by atoms with Crippen molar-refractivity contribution in [3.05, 3.63) is 223 Å². The summed E-state index contributed by atoms with van der Waals surface area (Å²) >= 11 is 0. The Morgan fingerprint density at radius 2 is 1.40 bits per heavy atom. The average Bonchev–Trinajstić information content (AvgIpc) is 3.60. The van der Waals surface area contributed by atoms with Gasteiger partial charge in [0.15, 0.2) is 0 Å². The standard InChI is InChI=1S/C58H42N2O2/c1-38-17-9-15-26-53(38)61-54-28-16-13-22-44(54)41-29-31-47-52(36-41)60(43-30-34-56-48(37-43)45-23-7-4-8-27-55(45)62-56)51-33-32-50-57(58(47)51)46-24-12-14-25-49(46)59(50)42-21-11-10-20-40(35-42)39-18-5-2-3-6-19-39/h2,4-26,28-37,40H,3,27H2,1H3. The van der Waals surface area contributed by atoms with Gasteiger partial charge in [-0.25, -0.2) is 0 Å². The monoisotopic (exact) mass is 798 g/mol. The number of hydrogen-bond donors (Lipinski definition) is 0. The van der Waals surface area contributed by atoms with Gasteiger partial charge in [-0.05, 0) is 96.8 Å². The Balaban J connectivity index is 1.13. The molecule has 0 fully saturated rings. The molecule has 0 aliphatic heterocycles. The molecular weight excluding hydrogens is 757 g/mol. The van der Waals surface area contributed by atoms with Crippen LogP contribution in [-0.4, -0.2) is 9.13 Å². The SMILES string of the molecule is Cc1ccccc1Oc1ccccc1-c1ccc2c3c4c5ccccc5n(C5=CC(C6=CC=CCC=C6)C=CC=C5)c4ccc3n(-c3ccc4oc5c(c4c3)C=CC=CC5)c2c1. The minimum atomic E-state index is 0.135. The lowest BCUT2D eigenvalue weighted by Crippen LogP contribution is -2.00. The van der Waals surface area contributed by atoms with Gasteiger partial charge in [-0.3, -0.25) is 0 Å². The maximum Gasteiger partial charge on any atom is 0.135 e. The van der Waals surface area contributed by atoms with Crippen molar-refractivity contribution in [2.24, 2.45) is 5.92 Å². The molecule has 3 aliphatic carbocycles. The first-order chi connectivity index (χ1) is 30.7. The van der Waals surface area contributed by atoms with Gasteiger partial charge in [0.25, 0.3) is 0 Å². The summed E-state index contributed by atoms with van der Waals surface area (Å²) in [4.78, 5) is 0. The summed E-state index contributed by atoms with van der Waals surface area (Å²) in [6.07, 6.45) is 32.7. The zero-order valence-corrected chi connectivity index (χ0v) is 34.3. The van der Waals surface area contributed by atoms with Crippen LogP contribution in [0.4, 0.5) is 0 Å². The van der Waals surface area contributed by atoms with Gasteiger partial charge in [0.2, 0.25) is 0 Å². The van der Waals surface area contributed by atoms with E-state index in [2.05, 4.69) is 198 Å². The van der Waals surface area contributed by atoms with Crippen molar-refractivity contribution in [2.75, 3.05) is 0 Å². The lowest BCUT2D eigenvalue weighted by molar-refractivity contribution is 0.480. The molecule has 296 valence electrons. The molecule has 4 nitrogen and oxygen atoms in total. The fourth-order valence-electron chi connectivity index (χ4n) is 9.72. The van der Waals surface area contributed by atoms with Gasteiger partial charge in [0, 0.05) is 61.8 Å². The lowest BCUT2D eigenvalue weighted by atomic mass is 9.97. The molecule has 12 rings (SSSR count). The molecule has 0 saturated heterocycles. The first kappa shape index (κ1) is 36.1. The van der Waals surface area contributed by atoms with Gasteiger partial charge >= 0.3 is 0 Å². The molecular formula is C58H42N2O2. The van der Waals surface area contributed by atoms with Gasteiger partial charge in [-0.1, -0.05) is 140 Å². The molecule has 1 atom stereocenters. The van der Waals surface area contributed by atoms with Crippen molar-refractivity contribution in [1.29, 1.82) is 0 Å². The Hall–Kier alpha value is -7.82. The van der Waals surface area contributed by atoms with Crippen LogP contribution in [0.3, 0.4) is 0 Å². The highest BCUT2D eigenvalue weighted by atomic mass is 16.5. The molecule has 0 amide bonds. The van der Waals surface area contributed by atoms with E-state index in [1.54, 1.807) is 0 Å². The summed E-state index contributed by atoms with van der Waals surface area (Å²) in [7, 11) is 0. The topological polar surface area (TPSA) is 32.2 Å². The first-order valence-electron chi connectivity index (χ1n) is 21.5. The maximum absolute atomic E-state index is 6.65. The first-order valence-corrected chi connectivity index (χ1v) is 21.5. The fraction of sp³-hybridized carbons (Fsp3) is 0.0690. The third kappa shape index (κ3) is 5.90. The number of aromatic nitrogens is 2. The summed E-state index contributed by atoms with van der Waals surface area (Å²) < 4.78 is 18.0. The molecule has 0 spiro atoms. The van der Waals surface area contributed by atoms with Gasteiger partial charge in [-0.15, -0.1) is 0 Å². The highest BCUT2D eigenvalue weighted by molar-refractivity contribution is 6.29. The highest BCUT2D eigenvalue weighted by Crippen LogP contribution is 2.45. The summed E-state index contributed by atoms with van der Waals surface area (Å²) in [6, 6.07) is 43.7. The number of benzene rings is 6. The minimum absolute atomic E-state index is 0.135. The van der Waals surface area contributed by atoms with Crippen LogP contribution in [0.2, 0.25) is 0 Å². The zero-order chi connectivity index (χ0) is 41.1. The molecule has 0 saturated carbocycles. The second kappa shape index (κ2) is 14.7. The Bertz CT molecular complexity index is 3570. The number of rotatable bonds is 6. The van der Waals surface area contributed by atoms with Crippen LogP contribution in [0.15, 0.2) is 210 Å². The number of allylic oxidation sites excluding steroid dienone is 15. The van der Waals surface area contributed by atoms with Crippen molar-refractivity contribution in [2.45, 2.75) is 19.8 Å². The Morgan fingerprint density at radius 1 is 0.597 bits per heavy atom. The van der Waals surface area contributed by atoms with Crippen molar-refractivity contribution in [1.82, 2.24) is 9.13 Å². The Kier molecular flexibility index (Phi) is 8.56. The van der Waals surface area contributed by atoms with Crippen molar-refractivity contribution in [3.8, 4) is 28.3 Å². The van der Waals surface area contributed by atoms with E-state index in [1.807, 2.05) is 24.3 Å². The van der Waals surface area contributed by atoms with Crippen molar-refractivity contribution >= 4 is 66.4 Å². The predicted molar refractivity (Wildman–Crippen MR) is 259 cm³/mol. The van der Waals surface area contributed by atoms with Crippen LogP contribution in [0.1, 0.15) is 23.3 Å². The maximum atomic E-state index is 6.65. The van der Waals surface area contributed by atoms with Crippen molar-refractivity contribution < 1.29 is 9.15 Å². The van der Waals surface area contributed by atoms with Gasteiger partial charge in [0.05, 0.1) is 22.1 Å². The Labute approximate surface area is 360 Å². The van der Waals surface area contributed by atoms with E-state index in [-0.39, 0.29) is 5.92 Å². The predicted octanol–water partition coefficient (Wildman–Crippen LogP) is 15.6. The summed E-state index contributed by atoms with van der Waals surface area (Å²) in [5.41, 5.74) is 13.4. The van der Waals surface area contributed by atoms with Crippen LogP contribution in [0.5, 0.6) is 11.5 Å². The number of nitrogens with zero attached hydrogens (tertiary/aromatic N) is 2. The van der Waals surface area contributed by atoms with Crippen LogP contribution < -0.4 is 4.74 Å². The third-order valence-corrected chi connectivity index (χ3v) is 12.6. The van der Waals surface area contributed by atoms with Crippen LogP contribution >= 0.6 is 0 Å². The van der Waals surface area contributed by atoms with E-state index in [0.717, 1.165) is 85.7 Å². The molecule has 3 aliphatic rings. The van der Waals surface area contributed by atoms with Gasteiger partial charge < -0.3 is 18.3 Å². The molecule has 6 aromatic carbocycles. The molecule has 0 bridgehead atoms. The highest BCUT2D eigenvalue weighted by Gasteiger charge is 2.23. The molecule has 3 aromatic heterocycles. The number of aryl methyl sites for hydroxylation is 1. The quantitative estimate of drug-likeness (QED) is 0.168. The molecule has 1 unspecified atom stereocenters. The largest absolute Gasteiger partial charge is 0.460 e. The van der Waals surface area contributed by atoms with Crippen LogP contribution in [0.25, 0.3) is 83.2 Å². The fourth-order valence-corrected chi connectivity index (χ4v) is 9.72.